The highest BCUT2D eigenvalue weighted by molar-refractivity contribution is 5.83. The van der Waals surface area contributed by atoms with Crippen LogP contribution in [0.3, 0.4) is 0 Å². The van der Waals surface area contributed by atoms with Crippen molar-refractivity contribution in [3.05, 3.63) is 41.6 Å². The van der Waals surface area contributed by atoms with E-state index < -0.39 is 0 Å². The Morgan fingerprint density at radius 1 is 1.21 bits per heavy atom. The fourth-order valence-electron chi connectivity index (χ4n) is 1.33. The maximum Gasteiger partial charge on any atom is 0.168 e. The second-order valence-corrected chi connectivity index (χ2v) is 3.63. The van der Waals surface area contributed by atoms with Gasteiger partial charge in [-0.15, -0.1) is 0 Å². The highest BCUT2D eigenvalue weighted by Gasteiger charge is 1.96. The Bertz CT molecular complexity index is 493. The minimum Gasteiger partial charge on any atom is -0.385 e. The van der Waals surface area contributed by atoms with Gasteiger partial charge in [-0.05, 0) is 32.0 Å². The zero-order chi connectivity index (χ0) is 14.7. The molecule has 19 heavy (non-hydrogen) atoms. The Labute approximate surface area is 115 Å². The Morgan fingerprint density at radius 2 is 1.84 bits per heavy atom. The van der Waals surface area contributed by atoms with Crippen molar-refractivity contribution in [3.8, 4) is 0 Å². The number of fused-ring (bicyclic) bond motifs is 1. The van der Waals surface area contributed by atoms with Gasteiger partial charge in [-0.2, -0.15) is 0 Å². The van der Waals surface area contributed by atoms with Crippen LogP contribution in [-0.2, 0) is 4.74 Å². The number of hydrogen-bond acceptors (Lipinski definition) is 3. The van der Waals surface area contributed by atoms with Crippen LogP contribution >= 0.6 is 0 Å². The van der Waals surface area contributed by atoms with Crippen LogP contribution in [0.2, 0.25) is 0 Å². The van der Waals surface area contributed by atoms with Crippen LogP contribution in [0.25, 0.3) is 10.9 Å². The average molecular weight is 261 g/mol. The maximum absolute atomic E-state index is 10.5. The van der Waals surface area contributed by atoms with Gasteiger partial charge in [0.05, 0.1) is 5.52 Å². The molecule has 0 aliphatic carbocycles. The summed E-state index contributed by atoms with van der Waals surface area (Å²) in [5.41, 5.74) is 2.56. The van der Waals surface area contributed by atoms with Gasteiger partial charge < -0.3 is 4.74 Å². The molecule has 3 nitrogen and oxygen atoms in total. The van der Waals surface area contributed by atoms with Crippen molar-refractivity contribution in [3.63, 3.8) is 0 Å². The number of benzene rings is 1. The molecule has 0 atom stereocenters. The first kappa shape index (κ1) is 17.3. The lowest BCUT2D eigenvalue weighted by Gasteiger charge is -1.98. The molecule has 0 saturated heterocycles. The molecule has 0 saturated carbocycles. The third-order valence-electron chi connectivity index (χ3n) is 2.28. The van der Waals surface area contributed by atoms with E-state index in [1.807, 2.05) is 45.9 Å². The molecular weight excluding hydrogens is 238 g/mol. The first-order chi connectivity index (χ1) is 9.21. The van der Waals surface area contributed by atoms with E-state index >= 15 is 0 Å². The third kappa shape index (κ3) is 6.11. The van der Waals surface area contributed by atoms with E-state index in [2.05, 4.69) is 15.8 Å². The van der Waals surface area contributed by atoms with E-state index in [1.165, 1.54) is 5.56 Å². The van der Waals surface area contributed by atoms with E-state index in [9.17, 15) is 4.79 Å². The van der Waals surface area contributed by atoms with Gasteiger partial charge in [0.1, 0.15) is 5.69 Å². The van der Waals surface area contributed by atoms with Gasteiger partial charge in [0.25, 0.3) is 0 Å². The number of methoxy groups -OCH3 is 1. The summed E-state index contributed by atoms with van der Waals surface area (Å²) in [5.74, 6) is 0. The minimum atomic E-state index is 0.483. The van der Waals surface area contributed by atoms with E-state index in [0.717, 1.165) is 23.8 Å². The molecule has 0 unspecified atom stereocenters. The summed E-state index contributed by atoms with van der Waals surface area (Å²) < 4.78 is 4.54. The van der Waals surface area contributed by atoms with Crippen molar-refractivity contribution >= 4 is 17.2 Å². The van der Waals surface area contributed by atoms with Gasteiger partial charge in [-0.1, -0.05) is 31.5 Å². The molecule has 104 valence electrons. The van der Waals surface area contributed by atoms with E-state index in [4.69, 9.17) is 0 Å². The Kier molecular flexibility index (Phi) is 9.27. The van der Waals surface area contributed by atoms with Crippen LogP contribution < -0.4 is 0 Å². The number of pyridine rings is 1. The van der Waals surface area contributed by atoms with Crippen LogP contribution in [0.5, 0.6) is 0 Å². The largest absolute Gasteiger partial charge is 0.385 e. The number of carbonyl (C=O) groups is 1. The molecule has 2 rings (SSSR count). The molecule has 0 amide bonds. The molecule has 0 fully saturated rings. The summed E-state index contributed by atoms with van der Waals surface area (Å²) in [6.45, 7) is 8.81. The molecule has 3 heteroatoms. The fourth-order valence-corrected chi connectivity index (χ4v) is 1.33. The Morgan fingerprint density at radius 3 is 2.37 bits per heavy atom. The molecular formula is C16H23NO2. The molecule has 0 bridgehead atoms. The SMILES string of the molecule is CC.CCOC.Cc1ccc2nc(C=O)ccc2c1. The second kappa shape index (κ2) is 10.2. The summed E-state index contributed by atoms with van der Waals surface area (Å²) in [7, 11) is 1.68. The quantitative estimate of drug-likeness (QED) is 0.766. The summed E-state index contributed by atoms with van der Waals surface area (Å²) in [6.07, 6.45) is 0.763. The van der Waals surface area contributed by atoms with Crippen LogP contribution in [0.15, 0.2) is 30.3 Å². The number of rotatable bonds is 2. The van der Waals surface area contributed by atoms with Crippen molar-refractivity contribution in [1.29, 1.82) is 0 Å². The van der Waals surface area contributed by atoms with E-state index in [-0.39, 0.29) is 0 Å². The van der Waals surface area contributed by atoms with Gasteiger partial charge in [0.2, 0.25) is 0 Å². The number of ether oxygens (including phenoxy) is 1. The van der Waals surface area contributed by atoms with Crippen LogP contribution in [0.1, 0.15) is 36.8 Å². The maximum atomic E-state index is 10.5. The monoisotopic (exact) mass is 261 g/mol. The number of carbonyl (C=O) groups excluding carboxylic acids is 1. The van der Waals surface area contributed by atoms with Crippen molar-refractivity contribution in [2.75, 3.05) is 13.7 Å². The van der Waals surface area contributed by atoms with Gasteiger partial charge >= 0.3 is 0 Å². The van der Waals surface area contributed by atoms with Gasteiger partial charge in [0.15, 0.2) is 6.29 Å². The molecule has 0 aliphatic heterocycles. The fraction of sp³-hybridized carbons (Fsp3) is 0.375. The van der Waals surface area contributed by atoms with Crippen molar-refractivity contribution in [2.45, 2.75) is 27.7 Å². The highest BCUT2D eigenvalue weighted by atomic mass is 16.5. The van der Waals surface area contributed by atoms with E-state index in [1.54, 1.807) is 13.2 Å². The predicted molar refractivity (Wildman–Crippen MR) is 80.8 cm³/mol. The lowest BCUT2D eigenvalue weighted by Crippen LogP contribution is -1.87. The highest BCUT2D eigenvalue weighted by Crippen LogP contribution is 2.13. The summed E-state index contributed by atoms with van der Waals surface area (Å²) >= 11 is 0. The van der Waals surface area contributed by atoms with Crippen LogP contribution in [0, 0.1) is 6.92 Å². The second-order valence-electron chi connectivity index (χ2n) is 3.63. The van der Waals surface area contributed by atoms with Crippen molar-refractivity contribution in [2.24, 2.45) is 0 Å². The lowest BCUT2D eigenvalue weighted by molar-refractivity contribution is 0.111. The minimum absolute atomic E-state index is 0.483. The summed E-state index contributed by atoms with van der Waals surface area (Å²) in [4.78, 5) is 14.6. The van der Waals surface area contributed by atoms with Crippen LogP contribution in [0.4, 0.5) is 0 Å². The Balaban J connectivity index is 0.000000467. The third-order valence-corrected chi connectivity index (χ3v) is 2.28. The molecule has 0 N–H and O–H groups in total. The molecule has 0 aliphatic rings. The normalized spacial score (nSPS) is 8.89. The molecule has 1 aromatic carbocycles. The molecule has 1 aromatic heterocycles. The van der Waals surface area contributed by atoms with Gasteiger partial charge in [0, 0.05) is 19.1 Å². The lowest BCUT2D eigenvalue weighted by atomic mass is 10.1. The number of nitrogens with zero attached hydrogens (tertiary/aromatic N) is 1. The van der Waals surface area contributed by atoms with Crippen LogP contribution in [-0.4, -0.2) is 25.0 Å². The number of hydrogen-bond donors (Lipinski definition) is 0. The molecule has 0 spiro atoms. The summed E-state index contributed by atoms with van der Waals surface area (Å²) in [6, 6.07) is 9.62. The molecule has 1 heterocycles. The zero-order valence-corrected chi connectivity index (χ0v) is 12.4. The zero-order valence-electron chi connectivity index (χ0n) is 12.4. The average Bonchev–Trinajstić information content (AvgIpc) is 2.49. The Hall–Kier alpha value is -1.74. The molecule has 0 radical (unpaired) electrons. The first-order valence-corrected chi connectivity index (χ1v) is 6.52. The standard InChI is InChI=1S/C11H9NO.C3H8O.C2H6/c1-8-2-5-11-9(6-8)3-4-10(7-13)12-11;1-3-4-2;1-2/h2-7H,1H3;3H2,1-2H3;1-2H3. The topological polar surface area (TPSA) is 39.2 Å². The van der Waals surface area contributed by atoms with Crippen molar-refractivity contribution in [1.82, 2.24) is 4.98 Å². The van der Waals surface area contributed by atoms with Gasteiger partial charge in [-0.3, -0.25) is 4.79 Å². The smallest absolute Gasteiger partial charge is 0.168 e. The number of aryl methyl sites for hydroxylation is 1. The predicted octanol–water partition coefficient (Wildman–Crippen LogP) is 4.03. The molecule has 2 aromatic rings. The number of aldehydes is 1. The first-order valence-electron chi connectivity index (χ1n) is 6.52. The summed E-state index contributed by atoms with van der Waals surface area (Å²) in [5, 5.41) is 1.07. The van der Waals surface area contributed by atoms with Gasteiger partial charge in [-0.25, -0.2) is 4.98 Å². The van der Waals surface area contributed by atoms with Crippen molar-refractivity contribution < 1.29 is 9.53 Å². The van der Waals surface area contributed by atoms with E-state index in [0.29, 0.717) is 5.69 Å². The number of aromatic nitrogens is 1.